The molecule has 0 spiro atoms. The highest BCUT2D eigenvalue weighted by atomic mass is 19.1. The largest absolute Gasteiger partial charge is 0.492 e. The van der Waals surface area contributed by atoms with Crippen molar-refractivity contribution in [2.24, 2.45) is 5.73 Å². The van der Waals surface area contributed by atoms with E-state index in [-0.39, 0.29) is 24.3 Å². The van der Waals surface area contributed by atoms with E-state index in [0.717, 1.165) is 12.0 Å². The summed E-state index contributed by atoms with van der Waals surface area (Å²) in [7, 11) is 1.88. The van der Waals surface area contributed by atoms with Crippen molar-refractivity contribution in [3.05, 3.63) is 59.4 Å². The third kappa shape index (κ3) is 3.91. The number of hydrogen-bond donors (Lipinski definition) is 2. The van der Waals surface area contributed by atoms with Crippen molar-refractivity contribution in [1.82, 2.24) is 5.32 Å². The summed E-state index contributed by atoms with van der Waals surface area (Å²) in [4.78, 5) is 10.9. The van der Waals surface area contributed by atoms with E-state index in [1.165, 1.54) is 11.6 Å². The number of ether oxygens (including phenoxy) is 2. The lowest BCUT2D eigenvalue weighted by Gasteiger charge is -2.34. The van der Waals surface area contributed by atoms with Crippen LogP contribution in [0.15, 0.2) is 42.5 Å². The van der Waals surface area contributed by atoms with Crippen molar-refractivity contribution < 1.29 is 18.7 Å². The molecule has 2 atom stereocenters. The maximum atomic E-state index is 14.2. The number of nitrogens with one attached hydrogen (secondary N) is 1. The molecule has 3 N–H and O–H groups in total. The van der Waals surface area contributed by atoms with E-state index < -0.39 is 11.7 Å². The van der Waals surface area contributed by atoms with E-state index >= 15 is 0 Å². The summed E-state index contributed by atoms with van der Waals surface area (Å²) in [6, 6.07) is 13.1. The first kappa shape index (κ1) is 17.2. The van der Waals surface area contributed by atoms with E-state index in [0.29, 0.717) is 12.4 Å². The van der Waals surface area contributed by atoms with Crippen LogP contribution in [-0.4, -0.2) is 32.2 Å². The number of carbonyl (C=O) groups is 1. The molecular weight excluding hydrogens is 323 g/mol. The molecule has 2 aromatic rings. The first-order valence-electron chi connectivity index (χ1n) is 8.17. The number of likely N-dealkylation sites (N-methyl/N-ethyl adjacent to an activating group) is 1. The van der Waals surface area contributed by atoms with Gasteiger partial charge in [-0.1, -0.05) is 30.3 Å². The Morgan fingerprint density at radius 1 is 1.36 bits per heavy atom. The van der Waals surface area contributed by atoms with E-state index in [1.807, 2.05) is 25.2 Å². The molecule has 1 amide bonds. The number of carbonyl (C=O) groups excluding carboxylic acids is 1. The van der Waals surface area contributed by atoms with Crippen LogP contribution in [0.5, 0.6) is 11.5 Å². The highest BCUT2D eigenvalue weighted by Crippen LogP contribution is 2.39. The van der Waals surface area contributed by atoms with Gasteiger partial charge in [0.25, 0.3) is 5.91 Å². The zero-order valence-electron chi connectivity index (χ0n) is 14.0. The fourth-order valence-corrected chi connectivity index (χ4v) is 3.14. The Bertz CT molecular complexity index is 752. The molecule has 0 saturated carbocycles. The van der Waals surface area contributed by atoms with Crippen LogP contribution < -0.4 is 20.5 Å². The van der Waals surface area contributed by atoms with Crippen molar-refractivity contribution in [2.45, 2.75) is 18.4 Å². The Hall–Kier alpha value is -2.60. The van der Waals surface area contributed by atoms with Gasteiger partial charge < -0.3 is 20.5 Å². The van der Waals surface area contributed by atoms with Crippen LogP contribution in [0.25, 0.3) is 0 Å². The predicted molar refractivity (Wildman–Crippen MR) is 92.3 cm³/mol. The highest BCUT2D eigenvalue weighted by molar-refractivity contribution is 5.75. The molecule has 5 nitrogen and oxygen atoms in total. The molecule has 0 saturated heterocycles. The minimum atomic E-state index is -0.651. The minimum Gasteiger partial charge on any atom is -0.492 e. The van der Waals surface area contributed by atoms with Crippen LogP contribution in [0.4, 0.5) is 4.39 Å². The molecular formula is C19H21FN2O3. The maximum absolute atomic E-state index is 14.2. The fourth-order valence-electron chi connectivity index (χ4n) is 3.14. The monoisotopic (exact) mass is 344 g/mol. The van der Waals surface area contributed by atoms with Gasteiger partial charge in [0.2, 0.25) is 0 Å². The molecule has 0 aliphatic carbocycles. The number of halogens is 1. The highest BCUT2D eigenvalue weighted by Gasteiger charge is 2.31. The molecule has 6 heteroatoms. The van der Waals surface area contributed by atoms with Gasteiger partial charge in [0.1, 0.15) is 12.4 Å². The maximum Gasteiger partial charge on any atom is 0.255 e. The third-order valence-corrected chi connectivity index (χ3v) is 4.41. The predicted octanol–water partition coefficient (Wildman–Crippen LogP) is 2.00. The second-order valence-electron chi connectivity index (χ2n) is 6.08. The van der Waals surface area contributed by atoms with E-state index in [1.54, 1.807) is 6.07 Å². The lowest BCUT2D eigenvalue weighted by molar-refractivity contribution is -0.120. The molecule has 25 heavy (non-hydrogen) atoms. The van der Waals surface area contributed by atoms with Gasteiger partial charge in [0.15, 0.2) is 18.2 Å². The third-order valence-electron chi connectivity index (χ3n) is 4.41. The van der Waals surface area contributed by atoms with E-state index in [4.69, 9.17) is 15.2 Å². The summed E-state index contributed by atoms with van der Waals surface area (Å²) >= 11 is 0. The van der Waals surface area contributed by atoms with Gasteiger partial charge in [-0.2, -0.15) is 0 Å². The summed E-state index contributed by atoms with van der Waals surface area (Å²) in [5, 5.41) is 3.27. The summed E-state index contributed by atoms with van der Waals surface area (Å²) in [5.74, 6) is -0.608. The van der Waals surface area contributed by atoms with E-state index in [9.17, 15) is 9.18 Å². The Balaban J connectivity index is 1.94. The molecule has 2 aromatic carbocycles. The summed E-state index contributed by atoms with van der Waals surface area (Å²) < 4.78 is 25.1. The van der Waals surface area contributed by atoms with Crippen LogP contribution in [0.1, 0.15) is 17.0 Å². The molecule has 2 unspecified atom stereocenters. The SMILES string of the molecule is CNC1COc2cc(F)c(OCC(N)=O)cc2C1Cc1ccccc1. The van der Waals surface area contributed by atoms with Crippen molar-refractivity contribution in [2.75, 3.05) is 20.3 Å². The molecule has 0 radical (unpaired) electrons. The number of primary amides is 1. The van der Waals surface area contributed by atoms with Crippen LogP contribution >= 0.6 is 0 Å². The van der Waals surface area contributed by atoms with Crippen molar-refractivity contribution in [3.63, 3.8) is 0 Å². The number of nitrogens with two attached hydrogens (primary N) is 1. The molecule has 132 valence electrons. The van der Waals surface area contributed by atoms with Crippen LogP contribution in [0.2, 0.25) is 0 Å². The Labute approximate surface area is 145 Å². The molecule has 1 aliphatic heterocycles. The molecule has 0 fully saturated rings. The van der Waals surface area contributed by atoms with Gasteiger partial charge in [0, 0.05) is 23.6 Å². The number of fused-ring (bicyclic) bond motifs is 1. The van der Waals surface area contributed by atoms with Crippen LogP contribution in [0, 0.1) is 5.82 Å². The molecule has 1 heterocycles. The lowest BCUT2D eigenvalue weighted by atomic mass is 9.84. The lowest BCUT2D eigenvalue weighted by Crippen LogP contribution is -2.41. The second-order valence-corrected chi connectivity index (χ2v) is 6.08. The van der Waals surface area contributed by atoms with Gasteiger partial charge in [0.05, 0.1) is 0 Å². The number of amides is 1. The van der Waals surface area contributed by atoms with Crippen molar-refractivity contribution >= 4 is 5.91 Å². The second kappa shape index (κ2) is 7.53. The Kier molecular flexibility index (Phi) is 5.19. The number of benzene rings is 2. The van der Waals surface area contributed by atoms with Gasteiger partial charge >= 0.3 is 0 Å². The topological polar surface area (TPSA) is 73.6 Å². The summed E-state index contributed by atoms with van der Waals surface area (Å²) in [6.07, 6.45) is 0.781. The summed E-state index contributed by atoms with van der Waals surface area (Å²) in [5.41, 5.74) is 7.12. The van der Waals surface area contributed by atoms with Crippen LogP contribution in [0.3, 0.4) is 0 Å². The van der Waals surface area contributed by atoms with Crippen molar-refractivity contribution in [3.8, 4) is 11.5 Å². The molecule has 0 aromatic heterocycles. The normalized spacial score (nSPS) is 19.0. The average Bonchev–Trinajstić information content (AvgIpc) is 2.61. The molecule has 3 rings (SSSR count). The number of rotatable bonds is 6. The first-order chi connectivity index (χ1) is 12.1. The van der Waals surface area contributed by atoms with Crippen molar-refractivity contribution in [1.29, 1.82) is 0 Å². The quantitative estimate of drug-likeness (QED) is 0.841. The molecule has 1 aliphatic rings. The van der Waals surface area contributed by atoms with Gasteiger partial charge in [-0.05, 0) is 25.1 Å². The van der Waals surface area contributed by atoms with Gasteiger partial charge in [-0.15, -0.1) is 0 Å². The first-order valence-corrected chi connectivity index (χ1v) is 8.17. The minimum absolute atomic E-state index is 0.0102. The number of hydrogen-bond acceptors (Lipinski definition) is 4. The standard InChI is InChI=1S/C19H21FN2O3/c1-22-16-10-24-17-9-15(20)18(25-11-19(21)23)8-14(17)13(16)7-12-5-3-2-4-6-12/h2-6,8-9,13,16,22H,7,10-11H2,1H3,(H2,21,23). The molecule has 0 bridgehead atoms. The Morgan fingerprint density at radius 2 is 2.12 bits per heavy atom. The summed E-state index contributed by atoms with van der Waals surface area (Å²) in [6.45, 7) is 0.0945. The van der Waals surface area contributed by atoms with Crippen LogP contribution in [-0.2, 0) is 11.2 Å². The smallest absolute Gasteiger partial charge is 0.255 e. The average molecular weight is 344 g/mol. The van der Waals surface area contributed by atoms with Gasteiger partial charge in [-0.25, -0.2) is 4.39 Å². The zero-order valence-corrected chi connectivity index (χ0v) is 14.0. The van der Waals surface area contributed by atoms with E-state index in [2.05, 4.69) is 17.4 Å². The zero-order chi connectivity index (χ0) is 17.8. The fraction of sp³-hybridized carbons (Fsp3) is 0.316. The van der Waals surface area contributed by atoms with Gasteiger partial charge in [-0.3, -0.25) is 4.79 Å². The Morgan fingerprint density at radius 3 is 2.80 bits per heavy atom.